The minimum Gasteiger partial charge on any atom is -0.365 e. The van der Waals surface area contributed by atoms with Crippen molar-refractivity contribution >= 4 is 22.8 Å². The van der Waals surface area contributed by atoms with Crippen LogP contribution in [-0.2, 0) is 0 Å². The predicted molar refractivity (Wildman–Crippen MR) is 224 cm³/mol. The second-order valence-corrected chi connectivity index (χ2v) is 16.3. The van der Waals surface area contributed by atoms with Crippen molar-refractivity contribution in [3.63, 3.8) is 0 Å². The Morgan fingerprint density at radius 3 is 2.11 bits per heavy atom. The zero-order valence-corrected chi connectivity index (χ0v) is 33.3. The summed E-state index contributed by atoms with van der Waals surface area (Å²) in [7, 11) is 2.25. The third-order valence-corrected chi connectivity index (χ3v) is 12.9. The maximum absolute atomic E-state index is 5.96. The number of hydrogen-bond acceptors (Lipinski definition) is 9. The molecule has 0 unspecified atom stereocenters. The van der Waals surface area contributed by atoms with Crippen molar-refractivity contribution in [2.75, 3.05) is 56.1 Å². The summed E-state index contributed by atoms with van der Waals surface area (Å²) in [5.41, 5.74) is 16.5. The molecule has 6 aromatic rings. The van der Waals surface area contributed by atoms with Gasteiger partial charge in [0.25, 0.3) is 0 Å². The molecule has 0 aromatic carbocycles. The summed E-state index contributed by atoms with van der Waals surface area (Å²) in [6, 6.07) is 20.6. The van der Waals surface area contributed by atoms with E-state index in [1.54, 1.807) is 0 Å². The number of fused-ring (bicyclic) bond motifs is 2. The van der Waals surface area contributed by atoms with Crippen LogP contribution in [0.25, 0.3) is 11.3 Å². The Kier molecular flexibility index (Phi) is 10.5. The van der Waals surface area contributed by atoms with E-state index in [1.165, 1.54) is 40.4 Å². The summed E-state index contributed by atoms with van der Waals surface area (Å²) in [4.78, 5) is 30.6. The molecule has 0 radical (unpaired) electrons. The molecule has 0 aliphatic carbocycles. The van der Waals surface area contributed by atoms with Crippen LogP contribution in [0.4, 0.5) is 11.5 Å². The normalized spacial score (nSPS) is 22.7. The van der Waals surface area contributed by atoms with Gasteiger partial charge in [0, 0.05) is 57.2 Å². The van der Waals surface area contributed by atoms with Crippen LogP contribution < -0.4 is 15.5 Å². The van der Waals surface area contributed by atoms with Crippen molar-refractivity contribution in [1.82, 2.24) is 38.5 Å². The minimum atomic E-state index is 0.247. The van der Waals surface area contributed by atoms with Gasteiger partial charge < -0.3 is 19.9 Å². The molecule has 292 valence electrons. The van der Waals surface area contributed by atoms with Gasteiger partial charge in [-0.25, -0.2) is 9.97 Å². The number of aromatic nitrogens is 6. The average molecular weight is 752 g/mol. The van der Waals surface area contributed by atoms with E-state index in [9.17, 15) is 0 Å². The first kappa shape index (κ1) is 36.8. The van der Waals surface area contributed by atoms with Crippen LogP contribution in [0, 0.1) is 13.8 Å². The molecule has 3 aliphatic heterocycles. The van der Waals surface area contributed by atoms with Crippen LogP contribution in [0.15, 0.2) is 85.6 Å². The van der Waals surface area contributed by atoms with Gasteiger partial charge in [-0.15, -0.1) is 0 Å². The standard InChI is InChI=1S/C45H57N11/c1-32-12-9-22-47-43(32)38-16-6-14-36(51(38)3)35-31-56-41(49-35)19-8-20-42(56)53-28-26-52(27-29-53)40-18-11-24-54-30-34(50-45(40)54)37-15-7-17-39(55(37)25-5-4-21-46)44-33(2)13-10-23-48-44/h8-13,18-20,22-24,30-31,36-39H,4-7,14-17,21,25-29,46H2,1-3H3/t36-,37-,38+,39+/m1/s1. The fraction of sp³-hybridized carbons (Fsp3) is 0.467. The number of hydrogen-bond donors (Lipinski definition) is 1. The number of likely N-dealkylation sites (tertiary alicyclic amines) is 2. The fourth-order valence-corrected chi connectivity index (χ4v) is 9.96. The lowest BCUT2D eigenvalue weighted by atomic mass is 9.90. The lowest BCUT2D eigenvalue weighted by molar-refractivity contribution is 0.0751. The Morgan fingerprint density at radius 2 is 1.36 bits per heavy atom. The monoisotopic (exact) mass is 751 g/mol. The molecular weight excluding hydrogens is 695 g/mol. The van der Waals surface area contributed by atoms with Gasteiger partial charge in [-0.3, -0.25) is 24.2 Å². The van der Waals surface area contributed by atoms with E-state index in [4.69, 9.17) is 25.7 Å². The maximum atomic E-state index is 5.96. The average Bonchev–Trinajstić information content (AvgIpc) is 3.87. The SMILES string of the molecule is Cc1cccnc1[C@@H]1CCC[C@H](c2cn3c(N4CCN(c5cccn6cc([C@H]7CCC[C@@H](c8ncccc8C)N7CCCCN)nc56)CC4)cccc3n2)N1C. The number of rotatable bonds is 10. The number of piperazine rings is 1. The Hall–Kier alpha value is -4.84. The molecule has 0 spiro atoms. The van der Waals surface area contributed by atoms with Gasteiger partial charge in [-0.2, -0.15) is 0 Å². The summed E-state index contributed by atoms with van der Waals surface area (Å²) in [6.07, 6.45) is 19.5. The number of aryl methyl sites for hydroxylation is 2. The van der Waals surface area contributed by atoms with Crippen LogP contribution in [0.1, 0.15) is 109 Å². The Balaban J connectivity index is 0.933. The second-order valence-electron chi connectivity index (χ2n) is 16.3. The molecule has 6 aromatic heterocycles. The van der Waals surface area contributed by atoms with E-state index in [-0.39, 0.29) is 18.1 Å². The van der Waals surface area contributed by atoms with Crippen LogP contribution in [0.2, 0.25) is 0 Å². The van der Waals surface area contributed by atoms with Gasteiger partial charge in [0.2, 0.25) is 0 Å². The highest BCUT2D eigenvalue weighted by Crippen LogP contribution is 2.43. The molecule has 9 rings (SSSR count). The minimum absolute atomic E-state index is 0.247. The molecule has 11 nitrogen and oxygen atoms in total. The molecule has 2 N–H and O–H groups in total. The first-order chi connectivity index (χ1) is 27.5. The molecule has 11 heteroatoms. The number of pyridine rings is 4. The highest BCUT2D eigenvalue weighted by molar-refractivity contribution is 5.70. The van der Waals surface area contributed by atoms with Crippen molar-refractivity contribution < 1.29 is 0 Å². The molecule has 4 atom stereocenters. The summed E-state index contributed by atoms with van der Waals surface area (Å²) in [5.74, 6) is 1.21. The predicted octanol–water partition coefficient (Wildman–Crippen LogP) is 7.62. The van der Waals surface area contributed by atoms with Gasteiger partial charge in [-0.1, -0.05) is 18.2 Å². The Bertz CT molecular complexity index is 2270. The van der Waals surface area contributed by atoms with Crippen LogP contribution in [0.3, 0.4) is 0 Å². The molecule has 0 bridgehead atoms. The first-order valence-corrected chi connectivity index (χ1v) is 20.9. The van der Waals surface area contributed by atoms with Crippen molar-refractivity contribution in [3.05, 3.63) is 119 Å². The van der Waals surface area contributed by atoms with Crippen molar-refractivity contribution in [2.45, 2.75) is 89.4 Å². The van der Waals surface area contributed by atoms with E-state index in [1.807, 2.05) is 24.5 Å². The molecule has 0 saturated carbocycles. The van der Waals surface area contributed by atoms with E-state index in [0.717, 1.165) is 107 Å². The molecular formula is C45H57N11. The number of anilines is 2. The van der Waals surface area contributed by atoms with Gasteiger partial charge in [0.1, 0.15) is 11.5 Å². The summed E-state index contributed by atoms with van der Waals surface area (Å²) < 4.78 is 4.57. The largest absolute Gasteiger partial charge is 0.365 e. The molecule has 3 saturated heterocycles. The quantitative estimate of drug-likeness (QED) is 0.142. The van der Waals surface area contributed by atoms with Crippen molar-refractivity contribution in [3.8, 4) is 0 Å². The molecule has 0 amide bonds. The zero-order chi connectivity index (χ0) is 38.2. The van der Waals surface area contributed by atoms with Crippen LogP contribution >= 0.6 is 0 Å². The van der Waals surface area contributed by atoms with Crippen LogP contribution in [-0.4, -0.2) is 84.9 Å². The lowest BCUT2D eigenvalue weighted by Gasteiger charge is -2.41. The third kappa shape index (κ3) is 6.94. The number of piperidine rings is 2. The fourth-order valence-electron chi connectivity index (χ4n) is 9.96. The highest BCUT2D eigenvalue weighted by atomic mass is 15.3. The summed E-state index contributed by atoms with van der Waals surface area (Å²) >= 11 is 0. The number of nitrogens with two attached hydrogens (primary N) is 1. The smallest absolute Gasteiger partial charge is 0.160 e. The van der Waals surface area contributed by atoms with Crippen molar-refractivity contribution in [1.29, 1.82) is 0 Å². The van der Waals surface area contributed by atoms with Gasteiger partial charge in [0.05, 0.1) is 52.6 Å². The summed E-state index contributed by atoms with van der Waals surface area (Å²) in [6.45, 7) is 9.80. The van der Waals surface area contributed by atoms with Gasteiger partial charge in [0.15, 0.2) is 5.65 Å². The lowest BCUT2D eigenvalue weighted by Crippen LogP contribution is -2.47. The Labute approximate surface area is 331 Å². The third-order valence-electron chi connectivity index (χ3n) is 12.9. The van der Waals surface area contributed by atoms with Gasteiger partial charge in [-0.05, 0) is 133 Å². The molecule has 3 fully saturated rings. The number of nitrogens with zero attached hydrogens (tertiary/aromatic N) is 10. The number of unbranched alkanes of at least 4 members (excludes halogenated alkanes) is 1. The van der Waals surface area contributed by atoms with Crippen molar-refractivity contribution in [2.24, 2.45) is 5.73 Å². The molecule has 9 heterocycles. The van der Waals surface area contributed by atoms with Gasteiger partial charge >= 0.3 is 0 Å². The first-order valence-electron chi connectivity index (χ1n) is 20.9. The highest BCUT2D eigenvalue weighted by Gasteiger charge is 2.36. The zero-order valence-electron chi connectivity index (χ0n) is 33.3. The van der Waals surface area contributed by atoms with E-state index < -0.39 is 0 Å². The summed E-state index contributed by atoms with van der Waals surface area (Å²) in [5, 5.41) is 0. The van der Waals surface area contributed by atoms with Crippen LogP contribution in [0.5, 0.6) is 0 Å². The van der Waals surface area contributed by atoms with E-state index >= 15 is 0 Å². The Morgan fingerprint density at radius 1 is 0.679 bits per heavy atom. The van der Waals surface area contributed by atoms with E-state index in [0.29, 0.717) is 6.04 Å². The maximum Gasteiger partial charge on any atom is 0.160 e. The molecule has 3 aliphatic rings. The second kappa shape index (κ2) is 16.0. The van der Waals surface area contributed by atoms with E-state index in [2.05, 4.69) is 110 Å². The number of imidazole rings is 2. The molecule has 56 heavy (non-hydrogen) atoms. The topological polar surface area (TPSA) is 99.4 Å².